The van der Waals surface area contributed by atoms with Gasteiger partial charge in [-0.15, -0.1) is 0 Å². The third-order valence-electron chi connectivity index (χ3n) is 5.40. The van der Waals surface area contributed by atoms with Gasteiger partial charge in [0, 0.05) is 0 Å². The lowest BCUT2D eigenvalue weighted by molar-refractivity contribution is -0.149. The second-order valence-corrected chi connectivity index (χ2v) is 8.31. The summed E-state index contributed by atoms with van der Waals surface area (Å²) in [6, 6.07) is 11.3. The van der Waals surface area contributed by atoms with E-state index in [-0.39, 0.29) is 22.1 Å². The molecule has 2 aromatic rings. The predicted octanol–water partition coefficient (Wildman–Crippen LogP) is 4.88. The SMILES string of the molecule is CC1(C)CCC(C)(C)c2cc(C(=O)OOc3ccc(C(=O)O)cc3)ccc21. The van der Waals surface area contributed by atoms with Crippen LogP contribution in [0.15, 0.2) is 42.5 Å². The molecule has 1 N–H and O–H groups in total. The van der Waals surface area contributed by atoms with Crippen molar-refractivity contribution in [3.8, 4) is 5.75 Å². The molecule has 0 amide bonds. The van der Waals surface area contributed by atoms with Crippen LogP contribution in [0.2, 0.25) is 0 Å². The molecule has 0 spiro atoms. The third-order valence-corrected chi connectivity index (χ3v) is 5.40. The highest BCUT2D eigenvalue weighted by molar-refractivity contribution is 5.89. The van der Waals surface area contributed by atoms with Crippen molar-refractivity contribution in [3.63, 3.8) is 0 Å². The minimum Gasteiger partial charge on any atom is -0.478 e. The van der Waals surface area contributed by atoms with E-state index in [1.165, 1.54) is 35.4 Å². The van der Waals surface area contributed by atoms with Crippen molar-refractivity contribution in [1.29, 1.82) is 0 Å². The second-order valence-electron chi connectivity index (χ2n) is 8.31. The quantitative estimate of drug-likeness (QED) is 0.615. The fourth-order valence-electron chi connectivity index (χ4n) is 3.50. The maximum Gasteiger partial charge on any atom is 0.386 e. The first-order chi connectivity index (χ1) is 12.6. The van der Waals surface area contributed by atoms with E-state index in [9.17, 15) is 9.59 Å². The molecule has 1 aliphatic carbocycles. The number of carbonyl (C=O) groups excluding carboxylic acids is 1. The number of hydrogen-bond donors (Lipinski definition) is 1. The largest absolute Gasteiger partial charge is 0.478 e. The van der Waals surface area contributed by atoms with Gasteiger partial charge < -0.3 is 5.11 Å². The fraction of sp³-hybridized carbons (Fsp3) is 0.364. The van der Waals surface area contributed by atoms with Gasteiger partial charge in [-0.1, -0.05) is 33.8 Å². The third kappa shape index (κ3) is 3.82. The zero-order valence-electron chi connectivity index (χ0n) is 16.0. The van der Waals surface area contributed by atoms with Crippen molar-refractivity contribution in [2.75, 3.05) is 0 Å². The number of carboxylic acid groups (broad SMARTS) is 1. The van der Waals surface area contributed by atoms with Crippen LogP contribution in [0.4, 0.5) is 0 Å². The number of rotatable bonds is 4. The van der Waals surface area contributed by atoms with E-state index in [0.29, 0.717) is 5.56 Å². The maximum absolute atomic E-state index is 12.4. The highest BCUT2D eigenvalue weighted by Gasteiger charge is 2.37. The summed E-state index contributed by atoms with van der Waals surface area (Å²) in [4.78, 5) is 33.3. The van der Waals surface area contributed by atoms with Crippen molar-refractivity contribution < 1.29 is 24.5 Å². The topological polar surface area (TPSA) is 72.8 Å². The number of hydrogen-bond acceptors (Lipinski definition) is 4. The predicted molar refractivity (Wildman–Crippen MR) is 101 cm³/mol. The van der Waals surface area contributed by atoms with Crippen molar-refractivity contribution in [2.24, 2.45) is 0 Å². The molecule has 2 aromatic carbocycles. The Hall–Kier alpha value is -2.82. The monoisotopic (exact) mass is 368 g/mol. The molecule has 0 aromatic heterocycles. The molecule has 142 valence electrons. The zero-order valence-corrected chi connectivity index (χ0v) is 16.0. The summed E-state index contributed by atoms with van der Waals surface area (Å²) >= 11 is 0. The summed E-state index contributed by atoms with van der Waals surface area (Å²) in [6.07, 6.45) is 2.16. The molecule has 5 heteroatoms. The van der Waals surface area contributed by atoms with E-state index < -0.39 is 11.9 Å². The maximum atomic E-state index is 12.4. The Bertz CT molecular complexity index is 878. The van der Waals surface area contributed by atoms with Gasteiger partial charge in [-0.25, -0.2) is 14.5 Å². The zero-order chi connectivity index (χ0) is 19.8. The van der Waals surface area contributed by atoms with Crippen molar-refractivity contribution >= 4 is 11.9 Å². The Morgan fingerprint density at radius 3 is 2.00 bits per heavy atom. The van der Waals surface area contributed by atoms with Crippen LogP contribution >= 0.6 is 0 Å². The standard InChI is InChI=1S/C22H24O5/c1-21(2)11-12-22(3,4)18-13-15(7-10-17(18)21)20(25)27-26-16-8-5-14(6-9-16)19(23)24/h5-10,13H,11-12H2,1-4H3,(H,23,24). The van der Waals surface area contributed by atoms with Crippen LogP contribution in [-0.4, -0.2) is 17.0 Å². The van der Waals surface area contributed by atoms with Crippen LogP contribution < -0.4 is 4.89 Å². The summed E-state index contributed by atoms with van der Waals surface area (Å²) in [5.41, 5.74) is 3.07. The Morgan fingerprint density at radius 1 is 0.852 bits per heavy atom. The number of carbonyl (C=O) groups is 2. The van der Waals surface area contributed by atoms with Gasteiger partial charge in [-0.3, -0.25) is 4.89 Å². The van der Waals surface area contributed by atoms with Gasteiger partial charge in [0.25, 0.3) is 0 Å². The molecule has 0 saturated heterocycles. The first-order valence-corrected chi connectivity index (χ1v) is 8.97. The molecule has 27 heavy (non-hydrogen) atoms. The van der Waals surface area contributed by atoms with Crippen molar-refractivity contribution in [1.82, 2.24) is 0 Å². The molecule has 0 atom stereocenters. The van der Waals surface area contributed by atoms with Gasteiger partial charge in [0.2, 0.25) is 0 Å². The minimum atomic E-state index is -1.03. The van der Waals surface area contributed by atoms with Crippen molar-refractivity contribution in [3.05, 3.63) is 64.7 Å². The van der Waals surface area contributed by atoms with Crippen LogP contribution in [0, 0.1) is 0 Å². The van der Waals surface area contributed by atoms with Gasteiger partial charge in [0.1, 0.15) is 0 Å². The molecule has 3 rings (SSSR count). The Morgan fingerprint density at radius 2 is 1.41 bits per heavy atom. The summed E-state index contributed by atoms with van der Waals surface area (Å²) in [7, 11) is 0. The Kier molecular flexibility index (Phi) is 4.72. The van der Waals surface area contributed by atoms with Gasteiger partial charge in [0.05, 0.1) is 11.1 Å². The molecule has 0 aliphatic heterocycles. The first kappa shape index (κ1) is 19.0. The van der Waals surface area contributed by atoms with E-state index in [0.717, 1.165) is 12.8 Å². The smallest absolute Gasteiger partial charge is 0.386 e. The molecule has 1 aliphatic rings. The lowest BCUT2D eigenvalue weighted by Gasteiger charge is -2.41. The second kappa shape index (κ2) is 6.72. The Balaban J connectivity index is 1.77. The number of carboxylic acids is 1. The molecular formula is C22H24O5. The first-order valence-electron chi connectivity index (χ1n) is 8.97. The average molecular weight is 368 g/mol. The highest BCUT2D eigenvalue weighted by Crippen LogP contribution is 2.45. The minimum absolute atomic E-state index is 0.00529. The molecule has 0 radical (unpaired) electrons. The average Bonchev–Trinajstić information content (AvgIpc) is 2.63. The fourth-order valence-corrected chi connectivity index (χ4v) is 3.50. The lowest BCUT2D eigenvalue weighted by Crippen LogP contribution is -2.34. The number of aromatic carboxylic acids is 1. The summed E-state index contributed by atoms with van der Waals surface area (Å²) in [6.45, 7) is 8.83. The Labute approximate surface area is 158 Å². The molecule has 0 saturated carbocycles. The van der Waals surface area contributed by atoms with E-state index in [1.807, 2.05) is 12.1 Å². The summed E-state index contributed by atoms with van der Waals surface area (Å²) in [5.74, 6) is -1.36. The molecule has 5 nitrogen and oxygen atoms in total. The van der Waals surface area contributed by atoms with Crippen LogP contribution in [0.25, 0.3) is 0 Å². The summed E-state index contributed by atoms with van der Waals surface area (Å²) < 4.78 is 0. The van der Waals surface area contributed by atoms with E-state index in [2.05, 4.69) is 27.7 Å². The van der Waals surface area contributed by atoms with Gasteiger partial charge >= 0.3 is 11.9 Å². The van der Waals surface area contributed by atoms with Crippen LogP contribution in [0.3, 0.4) is 0 Å². The van der Waals surface area contributed by atoms with Gasteiger partial charge in [-0.2, -0.15) is 0 Å². The van der Waals surface area contributed by atoms with E-state index in [4.69, 9.17) is 14.9 Å². The number of benzene rings is 2. The molecule has 0 heterocycles. The van der Waals surface area contributed by atoms with Crippen LogP contribution in [0.1, 0.15) is 72.4 Å². The van der Waals surface area contributed by atoms with Crippen LogP contribution in [-0.2, 0) is 15.7 Å². The molecule has 0 fully saturated rings. The van der Waals surface area contributed by atoms with E-state index in [1.54, 1.807) is 6.07 Å². The molecular weight excluding hydrogens is 344 g/mol. The molecule has 0 unspecified atom stereocenters. The van der Waals surface area contributed by atoms with Gasteiger partial charge in [0.15, 0.2) is 5.75 Å². The summed E-state index contributed by atoms with van der Waals surface area (Å²) in [5, 5.41) is 8.89. The molecule has 0 bridgehead atoms. The normalized spacial score (nSPS) is 16.9. The van der Waals surface area contributed by atoms with Crippen LogP contribution in [0.5, 0.6) is 5.75 Å². The van der Waals surface area contributed by atoms with Gasteiger partial charge in [-0.05, 0) is 71.2 Å². The van der Waals surface area contributed by atoms with Crippen molar-refractivity contribution in [2.45, 2.75) is 51.4 Å². The number of fused-ring (bicyclic) bond motifs is 1. The van der Waals surface area contributed by atoms with E-state index >= 15 is 0 Å². The highest BCUT2D eigenvalue weighted by atomic mass is 17.2. The lowest BCUT2D eigenvalue weighted by atomic mass is 9.63.